The van der Waals surface area contributed by atoms with E-state index in [4.69, 9.17) is 4.74 Å². The molecule has 0 bridgehead atoms. The summed E-state index contributed by atoms with van der Waals surface area (Å²) in [6.45, 7) is 1.20. The van der Waals surface area contributed by atoms with Gasteiger partial charge < -0.3 is 10.1 Å². The molecule has 0 aromatic carbocycles. The highest BCUT2D eigenvalue weighted by molar-refractivity contribution is 5.56. The summed E-state index contributed by atoms with van der Waals surface area (Å²) in [7, 11) is 1.46. The maximum atomic E-state index is 10.9. The maximum absolute atomic E-state index is 10.9. The number of pyridine rings is 1. The lowest BCUT2D eigenvalue weighted by Crippen LogP contribution is -2.10. The van der Waals surface area contributed by atoms with Crippen molar-refractivity contribution in [1.82, 2.24) is 20.0 Å². The van der Waals surface area contributed by atoms with Crippen molar-refractivity contribution in [2.24, 2.45) is 0 Å². The summed E-state index contributed by atoms with van der Waals surface area (Å²) in [5, 5.41) is 21.4. The van der Waals surface area contributed by atoms with Crippen molar-refractivity contribution >= 4 is 11.5 Å². The third-order valence-electron chi connectivity index (χ3n) is 2.58. The minimum absolute atomic E-state index is 0.0773. The molecule has 20 heavy (non-hydrogen) atoms. The molecule has 0 amide bonds. The lowest BCUT2D eigenvalue weighted by atomic mass is 10.3. The Hall–Kier alpha value is -2.71. The highest BCUT2D eigenvalue weighted by Crippen LogP contribution is 2.24. The molecular formula is C11H14N6O3. The van der Waals surface area contributed by atoms with Crippen molar-refractivity contribution in [3.05, 3.63) is 34.6 Å². The monoisotopic (exact) mass is 278 g/mol. The Balaban J connectivity index is 1.95. The number of hydrogen-bond donors (Lipinski definition) is 1. The molecule has 0 unspecified atom stereocenters. The molecule has 0 fully saturated rings. The fourth-order valence-corrected chi connectivity index (χ4v) is 1.62. The van der Waals surface area contributed by atoms with Crippen molar-refractivity contribution in [3.8, 4) is 5.88 Å². The van der Waals surface area contributed by atoms with Crippen LogP contribution >= 0.6 is 0 Å². The SMILES string of the molecule is COc1ccc([N+](=O)[O-])c(NCCCn2ccnn2)n1. The van der Waals surface area contributed by atoms with Gasteiger partial charge in [-0.1, -0.05) is 5.21 Å². The van der Waals surface area contributed by atoms with E-state index in [1.54, 1.807) is 17.1 Å². The van der Waals surface area contributed by atoms with Crippen LogP contribution in [0.2, 0.25) is 0 Å². The van der Waals surface area contributed by atoms with Gasteiger partial charge in [0.15, 0.2) is 0 Å². The first-order chi connectivity index (χ1) is 9.70. The molecule has 9 heteroatoms. The Morgan fingerprint density at radius 3 is 3.00 bits per heavy atom. The van der Waals surface area contributed by atoms with Gasteiger partial charge in [-0.3, -0.25) is 14.8 Å². The van der Waals surface area contributed by atoms with E-state index in [1.165, 1.54) is 19.2 Å². The summed E-state index contributed by atoms with van der Waals surface area (Å²) in [4.78, 5) is 14.5. The maximum Gasteiger partial charge on any atom is 0.311 e. The standard InChI is InChI=1S/C11H14N6O3/c1-20-10-4-3-9(17(18)19)11(14-10)12-5-2-7-16-8-6-13-15-16/h3-4,6,8H,2,5,7H2,1H3,(H,12,14). The van der Waals surface area contributed by atoms with Crippen LogP contribution in [-0.4, -0.2) is 38.6 Å². The molecule has 0 saturated carbocycles. The largest absolute Gasteiger partial charge is 0.481 e. The number of methoxy groups -OCH3 is 1. The van der Waals surface area contributed by atoms with Gasteiger partial charge in [0.05, 0.1) is 18.2 Å². The predicted molar refractivity (Wildman–Crippen MR) is 70.6 cm³/mol. The summed E-state index contributed by atoms with van der Waals surface area (Å²) in [6, 6.07) is 2.82. The van der Waals surface area contributed by atoms with Crippen molar-refractivity contribution in [2.45, 2.75) is 13.0 Å². The molecule has 0 spiro atoms. The lowest BCUT2D eigenvalue weighted by Gasteiger charge is -2.07. The summed E-state index contributed by atoms with van der Waals surface area (Å²) in [5.74, 6) is 0.530. The van der Waals surface area contributed by atoms with Gasteiger partial charge in [-0.05, 0) is 6.42 Å². The van der Waals surface area contributed by atoms with Crippen LogP contribution in [0.5, 0.6) is 5.88 Å². The molecule has 2 rings (SSSR count). The summed E-state index contributed by atoms with van der Waals surface area (Å²) < 4.78 is 6.65. The van der Waals surface area contributed by atoms with Crippen LogP contribution in [0.1, 0.15) is 6.42 Å². The fourth-order valence-electron chi connectivity index (χ4n) is 1.62. The number of ether oxygens (including phenoxy) is 1. The molecule has 2 heterocycles. The van der Waals surface area contributed by atoms with Gasteiger partial charge in [0.1, 0.15) is 0 Å². The van der Waals surface area contributed by atoms with Crippen LogP contribution < -0.4 is 10.1 Å². The van der Waals surface area contributed by atoms with E-state index in [2.05, 4.69) is 20.6 Å². The normalized spacial score (nSPS) is 10.2. The zero-order valence-corrected chi connectivity index (χ0v) is 10.9. The molecule has 9 nitrogen and oxygen atoms in total. The second-order valence-corrected chi connectivity index (χ2v) is 3.92. The molecule has 0 saturated heterocycles. The third kappa shape index (κ3) is 3.40. The highest BCUT2D eigenvalue weighted by Gasteiger charge is 2.15. The molecule has 0 aliphatic carbocycles. The molecule has 0 aliphatic rings. The summed E-state index contributed by atoms with van der Waals surface area (Å²) >= 11 is 0. The lowest BCUT2D eigenvalue weighted by molar-refractivity contribution is -0.384. The summed E-state index contributed by atoms with van der Waals surface area (Å²) in [6.07, 6.45) is 4.09. The molecule has 0 atom stereocenters. The van der Waals surface area contributed by atoms with E-state index in [1.807, 2.05) is 0 Å². The second-order valence-electron chi connectivity index (χ2n) is 3.92. The first kappa shape index (κ1) is 13.7. The van der Waals surface area contributed by atoms with Gasteiger partial charge in [-0.15, -0.1) is 5.10 Å². The number of anilines is 1. The zero-order valence-electron chi connectivity index (χ0n) is 10.9. The zero-order chi connectivity index (χ0) is 14.4. The van der Waals surface area contributed by atoms with E-state index >= 15 is 0 Å². The number of nitrogens with one attached hydrogen (secondary N) is 1. The van der Waals surface area contributed by atoms with Gasteiger partial charge in [-0.2, -0.15) is 4.98 Å². The van der Waals surface area contributed by atoms with Crippen LogP contribution in [0.15, 0.2) is 24.5 Å². The second kappa shape index (κ2) is 6.45. The third-order valence-corrected chi connectivity index (χ3v) is 2.58. The van der Waals surface area contributed by atoms with Crippen LogP contribution in [0.25, 0.3) is 0 Å². The molecule has 2 aromatic rings. The van der Waals surface area contributed by atoms with Gasteiger partial charge >= 0.3 is 5.69 Å². The van der Waals surface area contributed by atoms with E-state index in [0.717, 1.165) is 6.42 Å². The highest BCUT2D eigenvalue weighted by atomic mass is 16.6. The minimum Gasteiger partial charge on any atom is -0.481 e. The average Bonchev–Trinajstić information content (AvgIpc) is 2.96. The van der Waals surface area contributed by atoms with E-state index < -0.39 is 4.92 Å². The van der Waals surface area contributed by atoms with Gasteiger partial charge in [0.25, 0.3) is 0 Å². The van der Waals surface area contributed by atoms with Crippen LogP contribution in [-0.2, 0) is 6.54 Å². The number of nitrogens with zero attached hydrogens (tertiary/aromatic N) is 5. The Labute approximate surface area is 114 Å². The first-order valence-corrected chi connectivity index (χ1v) is 5.98. The van der Waals surface area contributed by atoms with Gasteiger partial charge in [0.2, 0.25) is 11.7 Å². The molecule has 0 radical (unpaired) electrons. The molecule has 0 aliphatic heterocycles. The van der Waals surface area contributed by atoms with Crippen molar-refractivity contribution in [2.75, 3.05) is 19.0 Å². The van der Waals surface area contributed by atoms with E-state index in [9.17, 15) is 10.1 Å². The fraction of sp³-hybridized carbons (Fsp3) is 0.364. The van der Waals surface area contributed by atoms with Crippen molar-refractivity contribution in [3.63, 3.8) is 0 Å². The Kier molecular flexibility index (Phi) is 4.43. The van der Waals surface area contributed by atoms with Crippen molar-refractivity contribution < 1.29 is 9.66 Å². The van der Waals surface area contributed by atoms with Gasteiger partial charge in [-0.25, -0.2) is 0 Å². The molecular weight excluding hydrogens is 264 g/mol. The number of aromatic nitrogens is 4. The topological polar surface area (TPSA) is 108 Å². The number of rotatable bonds is 7. The number of hydrogen-bond acceptors (Lipinski definition) is 7. The quantitative estimate of drug-likeness (QED) is 0.458. The predicted octanol–water partition coefficient (Wildman–Crippen LogP) is 1.09. The van der Waals surface area contributed by atoms with E-state index in [0.29, 0.717) is 19.0 Å². The Morgan fingerprint density at radius 2 is 2.35 bits per heavy atom. The van der Waals surface area contributed by atoms with Crippen LogP contribution in [0.3, 0.4) is 0 Å². The Morgan fingerprint density at radius 1 is 1.50 bits per heavy atom. The smallest absolute Gasteiger partial charge is 0.311 e. The minimum atomic E-state index is -0.480. The van der Waals surface area contributed by atoms with Crippen LogP contribution in [0, 0.1) is 10.1 Å². The summed E-state index contributed by atoms with van der Waals surface area (Å²) in [5.41, 5.74) is -0.0773. The number of aryl methyl sites for hydroxylation is 1. The van der Waals surface area contributed by atoms with E-state index in [-0.39, 0.29) is 11.5 Å². The number of nitro groups is 1. The van der Waals surface area contributed by atoms with Crippen LogP contribution in [0.4, 0.5) is 11.5 Å². The Bertz CT molecular complexity index is 572. The van der Waals surface area contributed by atoms with Gasteiger partial charge in [0, 0.05) is 31.4 Å². The molecule has 2 aromatic heterocycles. The van der Waals surface area contributed by atoms with Crippen molar-refractivity contribution in [1.29, 1.82) is 0 Å². The average molecular weight is 278 g/mol. The molecule has 106 valence electrons. The molecule has 1 N–H and O–H groups in total. The first-order valence-electron chi connectivity index (χ1n) is 5.98.